The summed E-state index contributed by atoms with van der Waals surface area (Å²) >= 11 is 5.87. The molecule has 0 fully saturated rings. The number of carbonyl (C=O) groups is 1. The minimum Gasteiger partial charge on any atom is -0.496 e. The molecule has 0 aromatic heterocycles. The third kappa shape index (κ3) is 5.87. The van der Waals surface area contributed by atoms with E-state index in [1.807, 2.05) is 24.3 Å². The third-order valence-corrected chi connectivity index (χ3v) is 5.78. The maximum atomic E-state index is 12.5. The van der Waals surface area contributed by atoms with Crippen LogP contribution in [0.5, 0.6) is 5.75 Å². The zero-order valence-electron chi connectivity index (χ0n) is 16.2. The largest absolute Gasteiger partial charge is 0.496 e. The fourth-order valence-electron chi connectivity index (χ4n) is 2.94. The van der Waals surface area contributed by atoms with Crippen LogP contribution in [0.15, 0.2) is 48.5 Å². The number of aryl methyl sites for hydroxylation is 1. The van der Waals surface area contributed by atoms with Gasteiger partial charge in [0.05, 0.1) is 19.1 Å². The third-order valence-electron chi connectivity index (χ3n) is 4.28. The summed E-state index contributed by atoms with van der Waals surface area (Å²) < 4.78 is 30.9. The molecule has 0 aliphatic heterocycles. The summed E-state index contributed by atoms with van der Waals surface area (Å²) in [7, 11) is -2.02. The summed E-state index contributed by atoms with van der Waals surface area (Å²) in [6.45, 7) is 1.99. The van der Waals surface area contributed by atoms with Gasteiger partial charge in [0.1, 0.15) is 11.8 Å². The molecule has 0 saturated carbocycles. The van der Waals surface area contributed by atoms with Gasteiger partial charge in [0.15, 0.2) is 0 Å². The molecule has 0 bridgehead atoms. The van der Waals surface area contributed by atoms with Crippen molar-refractivity contribution < 1.29 is 17.9 Å². The second-order valence-electron chi connectivity index (χ2n) is 6.42. The van der Waals surface area contributed by atoms with E-state index in [-0.39, 0.29) is 5.91 Å². The molecular formula is C20H25ClN2O4S. The summed E-state index contributed by atoms with van der Waals surface area (Å²) in [6, 6.07) is 13.2. The molecule has 0 heterocycles. The minimum atomic E-state index is -3.64. The van der Waals surface area contributed by atoms with Crippen molar-refractivity contribution in [1.82, 2.24) is 5.32 Å². The highest BCUT2D eigenvalue weighted by Crippen LogP contribution is 2.23. The Hall–Kier alpha value is -2.25. The lowest BCUT2D eigenvalue weighted by atomic mass is 10.1. The molecule has 152 valence electrons. The highest BCUT2D eigenvalue weighted by atomic mass is 35.5. The van der Waals surface area contributed by atoms with Crippen molar-refractivity contribution in [3.63, 3.8) is 0 Å². The van der Waals surface area contributed by atoms with Crippen LogP contribution < -0.4 is 14.4 Å². The van der Waals surface area contributed by atoms with Crippen LogP contribution in [-0.2, 0) is 21.2 Å². The van der Waals surface area contributed by atoms with Gasteiger partial charge in [-0.3, -0.25) is 9.10 Å². The van der Waals surface area contributed by atoms with Crippen LogP contribution in [-0.4, -0.2) is 40.3 Å². The lowest BCUT2D eigenvalue weighted by Crippen LogP contribution is -2.48. The van der Waals surface area contributed by atoms with Crippen molar-refractivity contribution in [1.29, 1.82) is 0 Å². The molecule has 2 aromatic rings. The summed E-state index contributed by atoms with van der Waals surface area (Å²) in [5.74, 6) is 0.452. The van der Waals surface area contributed by atoms with Crippen molar-refractivity contribution in [3.8, 4) is 5.75 Å². The van der Waals surface area contributed by atoms with E-state index in [2.05, 4.69) is 5.32 Å². The zero-order chi connectivity index (χ0) is 20.7. The highest BCUT2D eigenvalue weighted by molar-refractivity contribution is 7.92. The number of amides is 1. The molecule has 0 radical (unpaired) electrons. The normalized spacial score (nSPS) is 12.3. The van der Waals surface area contributed by atoms with E-state index in [1.54, 1.807) is 38.3 Å². The molecule has 8 heteroatoms. The first-order valence-electron chi connectivity index (χ1n) is 8.88. The highest BCUT2D eigenvalue weighted by Gasteiger charge is 2.28. The maximum Gasteiger partial charge on any atom is 0.243 e. The van der Waals surface area contributed by atoms with Crippen LogP contribution in [0.1, 0.15) is 18.9 Å². The van der Waals surface area contributed by atoms with E-state index in [4.69, 9.17) is 16.3 Å². The first-order chi connectivity index (χ1) is 13.2. The van der Waals surface area contributed by atoms with Gasteiger partial charge in [-0.1, -0.05) is 29.8 Å². The molecule has 2 aromatic carbocycles. The number of halogens is 1. The number of nitrogens with one attached hydrogen (secondary N) is 1. The first kappa shape index (κ1) is 22.0. The van der Waals surface area contributed by atoms with E-state index in [0.29, 0.717) is 23.7 Å². The summed E-state index contributed by atoms with van der Waals surface area (Å²) in [6.07, 6.45) is 2.53. The van der Waals surface area contributed by atoms with Gasteiger partial charge in [0, 0.05) is 11.6 Å². The average molecular weight is 425 g/mol. The second kappa shape index (κ2) is 9.80. The van der Waals surface area contributed by atoms with Gasteiger partial charge in [-0.25, -0.2) is 8.42 Å². The van der Waals surface area contributed by atoms with Crippen LogP contribution in [0.25, 0.3) is 0 Å². The SMILES string of the molecule is COc1ccccc1CCCNC(=O)C(C)N(c1ccc(Cl)cc1)S(C)(=O)=O. The molecular weight excluding hydrogens is 400 g/mol. The summed E-state index contributed by atoms with van der Waals surface area (Å²) in [5, 5.41) is 3.30. The first-order valence-corrected chi connectivity index (χ1v) is 11.1. The predicted molar refractivity (Wildman–Crippen MR) is 113 cm³/mol. The Kier molecular flexibility index (Phi) is 7.71. The van der Waals surface area contributed by atoms with Crippen LogP contribution in [0.3, 0.4) is 0 Å². The van der Waals surface area contributed by atoms with Crippen molar-refractivity contribution in [3.05, 3.63) is 59.1 Å². The maximum absolute atomic E-state index is 12.5. The van der Waals surface area contributed by atoms with Crippen LogP contribution in [0.2, 0.25) is 5.02 Å². The smallest absolute Gasteiger partial charge is 0.243 e. The molecule has 1 atom stereocenters. The van der Waals surface area contributed by atoms with E-state index in [9.17, 15) is 13.2 Å². The minimum absolute atomic E-state index is 0.361. The number of hydrogen-bond acceptors (Lipinski definition) is 4. The Bertz CT molecular complexity index is 901. The monoisotopic (exact) mass is 424 g/mol. The van der Waals surface area contributed by atoms with Gasteiger partial charge in [-0.2, -0.15) is 0 Å². The van der Waals surface area contributed by atoms with Gasteiger partial charge in [0.25, 0.3) is 0 Å². The molecule has 1 N–H and O–H groups in total. The lowest BCUT2D eigenvalue weighted by molar-refractivity contribution is -0.121. The summed E-state index contributed by atoms with van der Waals surface area (Å²) in [5.41, 5.74) is 1.45. The number of nitrogens with zero attached hydrogens (tertiary/aromatic N) is 1. The van der Waals surface area contributed by atoms with E-state index in [1.165, 1.54) is 0 Å². The van der Waals surface area contributed by atoms with E-state index in [0.717, 1.165) is 28.3 Å². The standard InChI is InChI=1S/C20H25ClN2O4S/c1-15(23(28(3,25)26)18-12-10-17(21)11-13-18)20(24)22-14-6-8-16-7-4-5-9-19(16)27-2/h4-5,7,9-13,15H,6,8,14H2,1-3H3,(H,22,24). The molecule has 0 spiro atoms. The molecule has 0 aliphatic rings. The zero-order valence-corrected chi connectivity index (χ0v) is 17.8. The molecule has 0 saturated heterocycles. The molecule has 6 nitrogen and oxygen atoms in total. The van der Waals surface area contributed by atoms with Gasteiger partial charge in [-0.05, 0) is 55.7 Å². The Morgan fingerprint density at radius 2 is 1.82 bits per heavy atom. The van der Waals surface area contributed by atoms with E-state index < -0.39 is 16.1 Å². The van der Waals surface area contributed by atoms with E-state index >= 15 is 0 Å². The van der Waals surface area contributed by atoms with Crippen LogP contribution in [0, 0.1) is 0 Å². The average Bonchev–Trinajstić information content (AvgIpc) is 2.66. The molecule has 1 amide bonds. The number of methoxy groups -OCH3 is 1. The van der Waals surface area contributed by atoms with Gasteiger partial charge in [-0.15, -0.1) is 0 Å². The van der Waals surface area contributed by atoms with Crippen LogP contribution >= 0.6 is 11.6 Å². The molecule has 28 heavy (non-hydrogen) atoms. The second-order valence-corrected chi connectivity index (χ2v) is 8.71. The number of anilines is 1. The number of para-hydroxylation sites is 1. The molecule has 0 aliphatic carbocycles. The molecule has 1 unspecified atom stereocenters. The number of sulfonamides is 1. The van der Waals surface area contributed by atoms with Gasteiger partial charge < -0.3 is 10.1 Å². The summed E-state index contributed by atoms with van der Waals surface area (Å²) in [4.78, 5) is 12.5. The van der Waals surface area contributed by atoms with Crippen molar-refractivity contribution in [2.24, 2.45) is 0 Å². The Morgan fingerprint density at radius 3 is 2.43 bits per heavy atom. The number of hydrogen-bond donors (Lipinski definition) is 1. The number of rotatable bonds is 9. The van der Waals surface area contributed by atoms with Crippen LogP contribution in [0.4, 0.5) is 5.69 Å². The topological polar surface area (TPSA) is 75.7 Å². The van der Waals surface area contributed by atoms with Crippen molar-refractivity contribution >= 4 is 33.2 Å². The van der Waals surface area contributed by atoms with Gasteiger partial charge >= 0.3 is 0 Å². The lowest BCUT2D eigenvalue weighted by Gasteiger charge is -2.28. The quantitative estimate of drug-likeness (QED) is 0.627. The van der Waals surface area contributed by atoms with Crippen molar-refractivity contribution in [2.45, 2.75) is 25.8 Å². The van der Waals surface area contributed by atoms with Crippen molar-refractivity contribution in [2.75, 3.05) is 24.2 Å². The van der Waals surface area contributed by atoms with Gasteiger partial charge in [0.2, 0.25) is 15.9 Å². The Balaban J connectivity index is 1.98. The Labute approximate surface area is 171 Å². The number of benzene rings is 2. The predicted octanol–water partition coefficient (Wildman–Crippen LogP) is 3.25. The molecule has 2 rings (SSSR count). The fraction of sp³-hybridized carbons (Fsp3) is 0.350. The fourth-order valence-corrected chi connectivity index (χ4v) is 4.25. The Morgan fingerprint density at radius 1 is 1.18 bits per heavy atom. The number of carbonyl (C=O) groups excluding carboxylic acids is 1. The number of ether oxygens (including phenoxy) is 1.